The monoisotopic (exact) mass is 266 g/mol. The van der Waals surface area contributed by atoms with Crippen LogP contribution in [-0.4, -0.2) is 32.2 Å². The Morgan fingerprint density at radius 3 is 2.95 bits per heavy atom. The van der Waals surface area contributed by atoms with E-state index in [1.54, 1.807) is 13.0 Å². The van der Waals surface area contributed by atoms with Gasteiger partial charge in [-0.15, -0.1) is 0 Å². The van der Waals surface area contributed by atoms with Crippen LogP contribution >= 0.6 is 0 Å². The van der Waals surface area contributed by atoms with E-state index >= 15 is 0 Å². The molecule has 0 bridgehead atoms. The summed E-state index contributed by atoms with van der Waals surface area (Å²) in [7, 11) is 1.81. The van der Waals surface area contributed by atoms with Crippen molar-refractivity contribution in [3.63, 3.8) is 0 Å². The molecule has 5 heteroatoms. The van der Waals surface area contributed by atoms with Crippen LogP contribution in [0.3, 0.4) is 0 Å². The van der Waals surface area contributed by atoms with Crippen molar-refractivity contribution in [3.8, 4) is 0 Å². The highest BCUT2D eigenvalue weighted by Crippen LogP contribution is 2.14. The summed E-state index contributed by atoms with van der Waals surface area (Å²) in [5.41, 5.74) is 1.37. The summed E-state index contributed by atoms with van der Waals surface area (Å²) >= 11 is 0. The van der Waals surface area contributed by atoms with Gasteiger partial charge in [-0.25, -0.2) is 4.39 Å². The summed E-state index contributed by atoms with van der Waals surface area (Å²) < 4.78 is 18.7. The lowest BCUT2D eigenvalue weighted by molar-refractivity contribution is -0.125. The number of halogens is 1. The number of nitrogens with one attached hydrogen (secondary N) is 2. The van der Waals surface area contributed by atoms with Gasteiger partial charge in [-0.05, 0) is 31.2 Å². The molecule has 2 N–H and O–H groups in total. The topological polar surface area (TPSA) is 50.4 Å². The first-order chi connectivity index (χ1) is 9.11. The first kappa shape index (κ1) is 14.0. The van der Waals surface area contributed by atoms with Gasteiger partial charge in [-0.1, -0.05) is 12.1 Å². The normalized spacial score (nSPS) is 22.5. The number of aryl methyl sites for hydroxylation is 1. The molecular formula is C14H19FN2O2. The maximum Gasteiger partial charge on any atom is 0.227 e. The quantitative estimate of drug-likeness (QED) is 0.854. The molecule has 0 aliphatic carbocycles. The predicted molar refractivity (Wildman–Crippen MR) is 70.1 cm³/mol. The van der Waals surface area contributed by atoms with Gasteiger partial charge in [-0.3, -0.25) is 4.79 Å². The standard InChI is InChI=1S/C14H19FN2O2/c1-9-3-4-10(5-12(9)15)6-17-14(18)11-7-19-8-13(11)16-2/h3-5,11,13,16H,6-8H2,1-2H3,(H,17,18). The summed E-state index contributed by atoms with van der Waals surface area (Å²) in [5.74, 6) is -0.484. The van der Waals surface area contributed by atoms with Crippen LogP contribution in [-0.2, 0) is 16.1 Å². The van der Waals surface area contributed by atoms with Gasteiger partial charge >= 0.3 is 0 Å². The van der Waals surface area contributed by atoms with E-state index in [1.807, 2.05) is 13.1 Å². The Balaban J connectivity index is 1.91. The van der Waals surface area contributed by atoms with Gasteiger partial charge in [0.2, 0.25) is 5.91 Å². The van der Waals surface area contributed by atoms with Gasteiger partial charge in [0.25, 0.3) is 0 Å². The van der Waals surface area contributed by atoms with Crippen LogP contribution < -0.4 is 10.6 Å². The van der Waals surface area contributed by atoms with Gasteiger partial charge in [0, 0.05) is 12.6 Å². The summed E-state index contributed by atoms with van der Waals surface area (Å²) in [4.78, 5) is 12.0. The van der Waals surface area contributed by atoms with Crippen molar-refractivity contribution in [2.24, 2.45) is 5.92 Å². The van der Waals surface area contributed by atoms with Crippen LogP contribution in [0.5, 0.6) is 0 Å². The maximum absolute atomic E-state index is 13.4. The zero-order chi connectivity index (χ0) is 13.8. The fourth-order valence-corrected chi connectivity index (χ4v) is 2.16. The molecule has 2 rings (SSSR count). The molecule has 0 radical (unpaired) electrons. The van der Waals surface area contributed by atoms with Gasteiger partial charge < -0.3 is 15.4 Å². The van der Waals surface area contributed by atoms with Crippen LogP contribution in [0.4, 0.5) is 4.39 Å². The third-order valence-corrected chi connectivity index (χ3v) is 3.49. The van der Waals surface area contributed by atoms with Gasteiger partial charge in [0.05, 0.1) is 19.1 Å². The minimum Gasteiger partial charge on any atom is -0.379 e. The second-order valence-corrected chi connectivity index (χ2v) is 4.84. The highest BCUT2D eigenvalue weighted by molar-refractivity contribution is 5.79. The molecular weight excluding hydrogens is 247 g/mol. The molecule has 1 heterocycles. The van der Waals surface area contributed by atoms with E-state index in [1.165, 1.54) is 6.07 Å². The van der Waals surface area contributed by atoms with Gasteiger partial charge in [-0.2, -0.15) is 0 Å². The van der Waals surface area contributed by atoms with E-state index in [0.717, 1.165) is 5.56 Å². The van der Waals surface area contributed by atoms with E-state index in [-0.39, 0.29) is 23.7 Å². The van der Waals surface area contributed by atoms with E-state index in [4.69, 9.17) is 4.74 Å². The fraction of sp³-hybridized carbons (Fsp3) is 0.500. The largest absolute Gasteiger partial charge is 0.379 e. The molecule has 1 aliphatic rings. The molecule has 19 heavy (non-hydrogen) atoms. The third kappa shape index (κ3) is 3.30. The number of benzene rings is 1. The number of ether oxygens (including phenoxy) is 1. The molecule has 1 fully saturated rings. The molecule has 4 nitrogen and oxygen atoms in total. The number of hydrogen-bond donors (Lipinski definition) is 2. The van der Waals surface area contributed by atoms with Crippen LogP contribution in [0.25, 0.3) is 0 Å². The molecule has 2 atom stereocenters. The Kier molecular flexibility index (Phi) is 4.50. The van der Waals surface area contributed by atoms with Crippen molar-refractivity contribution in [1.82, 2.24) is 10.6 Å². The molecule has 1 aliphatic heterocycles. The third-order valence-electron chi connectivity index (χ3n) is 3.49. The van der Waals surface area contributed by atoms with Crippen LogP contribution in [0.1, 0.15) is 11.1 Å². The van der Waals surface area contributed by atoms with E-state index in [2.05, 4.69) is 10.6 Å². The second kappa shape index (κ2) is 6.12. The number of hydrogen-bond acceptors (Lipinski definition) is 3. The zero-order valence-corrected chi connectivity index (χ0v) is 11.2. The van der Waals surface area contributed by atoms with Crippen molar-refractivity contribution in [1.29, 1.82) is 0 Å². The molecule has 1 aromatic carbocycles. The van der Waals surface area contributed by atoms with Crippen LogP contribution in [0.2, 0.25) is 0 Å². The van der Waals surface area contributed by atoms with E-state index in [9.17, 15) is 9.18 Å². The first-order valence-corrected chi connectivity index (χ1v) is 6.39. The molecule has 1 aromatic rings. The van der Waals surface area contributed by atoms with Crippen molar-refractivity contribution < 1.29 is 13.9 Å². The van der Waals surface area contributed by atoms with Gasteiger partial charge in [0.1, 0.15) is 5.82 Å². The minimum atomic E-state index is -0.246. The first-order valence-electron chi connectivity index (χ1n) is 6.39. The summed E-state index contributed by atoms with van der Waals surface area (Å²) in [6, 6.07) is 5.04. The zero-order valence-electron chi connectivity index (χ0n) is 11.2. The van der Waals surface area contributed by atoms with E-state index < -0.39 is 0 Å². The predicted octanol–water partition coefficient (Wildman–Crippen LogP) is 0.985. The van der Waals surface area contributed by atoms with Crippen molar-refractivity contribution in [2.45, 2.75) is 19.5 Å². The Bertz CT molecular complexity index is 465. The number of carbonyl (C=O) groups is 1. The Hall–Kier alpha value is -1.46. The molecule has 1 amide bonds. The highest BCUT2D eigenvalue weighted by atomic mass is 19.1. The number of carbonyl (C=O) groups excluding carboxylic acids is 1. The molecule has 1 saturated heterocycles. The average molecular weight is 266 g/mol. The average Bonchev–Trinajstić information content (AvgIpc) is 2.88. The van der Waals surface area contributed by atoms with E-state index in [0.29, 0.717) is 25.3 Å². The molecule has 104 valence electrons. The second-order valence-electron chi connectivity index (χ2n) is 4.84. The smallest absolute Gasteiger partial charge is 0.227 e. The number of rotatable bonds is 4. The highest BCUT2D eigenvalue weighted by Gasteiger charge is 2.32. The Labute approximate surface area is 112 Å². The molecule has 0 spiro atoms. The summed E-state index contributed by atoms with van der Waals surface area (Å²) in [6.45, 7) is 3.03. The Morgan fingerprint density at radius 2 is 2.26 bits per heavy atom. The van der Waals surface area contributed by atoms with Crippen molar-refractivity contribution in [2.75, 3.05) is 20.3 Å². The minimum absolute atomic E-state index is 0.0507. The lowest BCUT2D eigenvalue weighted by Crippen LogP contribution is -2.42. The van der Waals surface area contributed by atoms with Crippen molar-refractivity contribution >= 4 is 5.91 Å². The molecule has 0 aromatic heterocycles. The molecule has 0 saturated carbocycles. The van der Waals surface area contributed by atoms with Crippen LogP contribution in [0.15, 0.2) is 18.2 Å². The lowest BCUT2D eigenvalue weighted by Gasteiger charge is -2.16. The van der Waals surface area contributed by atoms with Crippen molar-refractivity contribution in [3.05, 3.63) is 35.1 Å². The molecule has 2 unspecified atom stereocenters. The summed E-state index contributed by atoms with van der Waals surface area (Å²) in [5, 5.41) is 5.89. The SMILES string of the molecule is CNC1COCC1C(=O)NCc1ccc(C)c(F)c1. The van der Waals surface area contributed by atoms with Gasteiger partial charge in [0.15, 0.2) is 0 Å². The van der Waals surface area contributed by atoms with Crippen LogP contribution in [0, 0.1) is 18.7 Å². The fourth-order valence-electron chi connectivity index (χ4n) is 2.16. The Morgan fingerprint density at radius 1 is 1.47 bits per heavy atom. The number of amides is 1. The summed E-state index contributed by atoms with van der Waals surface area (Å²) in [6.07, 6.45) is 0. The lowest BCUT2D eigenvalue weighted by atomic mass is 10.0. The number of likely N-dealkylation sites (N-methyl/N-ethyl adjacent to an activating group) is 1. The maximum atomic E-state index is 13.4.